The second kappa shape index (κ2) is 9.77. The van der Waals surface area contributed by atoms with Crippen molar-refractivity contribution in [3.63, 3.8) is 0 Å². The van der Waals surface area contributed by atoms with Crippen LogP contribution in [0.5, 0.6) is 0 Å². The third-order valence-electron chi connectivity index (χ3n) is 2.80. The van der Waals surface area contributed by atoms with Crippen LogP contribution in [0.4, 0.5) is 16.2 Å². The fraction of sp³-hybridized carbons (Fsp3) is 0.316. The molecule has 0 atom stereocenters. The molecule has 1 heterocycles. The van der Waals surface area contributed by atoms with Crippen molar-refractivity contribution in [2.45, 2.75) is 40.2 Å². The summed E-state index contributed by atoms with van der Waals surface area (Å²) in [6.45, 7) is 9.31. The molecule has 0 aliphatic rings. The Balaban J connectivity index is 0.00000163. The van der Waals surface area contributed by atoms with Crippen molar-refractivity contribution in [2.75, 3.05) is 10.6 Å². The Morgan fingerprint density at radius 3 is 2.08 bits per heavy atom. The van der Waals surface area contributed by atoms with Crippen molar-refractivity contribution in [2.24, 2.45) is 0 Å². The standard InChI is InChI=1S/C17H18ClN3O3.C2H6/c1-17(2,3)24-16(23)21-13-7-5-4-6-12(13)20-15(22)11-8-9-14(18)19-10-11;1-2/h4-10H,1-3H3,(H,20,22)(H,21,23);1-2H3. The molecule has 0 aliphatic carbocycles. The molecule has 0 spiro atoms. The van der Waals surface area contributed by atoms with E-state index >= 15 is 0 Å². The summed E-state index contributed by atoms with van der Waals surface area (Å²) in [7, 11) is 0. The third-order valence-corrected chi connectivity index (χ3v) is 3.02. The van der Waals surface area contributed by atoms with Crippen LogP contribution in [-0.4, -0.2) is 22.6 Å². The summed E-state index contributed by atoms with van der Waals surface area (Å²) in [4.78, 5) is 28.0. The van der Waals surface area contributed by atoms with Gasteiger partial charge in [0.2, 0.25) is 0 Å². The summed E-state index contributed by atoms with van der Waals surface area (Å²) in [5.74, 6) is -0.363. The highest BCUT2D eigenvalue weighted by molar-refractivity contribution is 6.29. The zero-order valence-corrected chi connectivity index (χ0v) is 16.3. The number of hydrogen-bond donors (Lipinski definition) is 2. The van der Waals surface area contributed by atoms with E-state index in [1.807, 2.05) is 13.8 Å². The largest absolute Gasteiger partial charge is 0.444 e. The van der Waals surface area contributed by atoms with Crippen LogP contribution in [0.25, 0.3) is 0 Å². The lowest BCUT2D eigenvalue weighted by molar-refractivity contribution is 0.0635. The van der Waals surface area contributed by atoms with Gasteiger partial charge in [-0.2, -0.15) is 0 Å². The van der Waals surface area contributed by atoms with Gasteiger partial charge in [-0.05, 0) is 45.0 Å². The molecule has 0 saturated carbocycles. The molecular formula is C19H24ClN3O3. The van der Waals surface area contributed by atoms with Crippen LogP contribution in [0.2, 0.25) is 5.15 Å². The van der Waals surface area contributed by atoms with E-state index in [2.05, 4.69) is 15.6 Å². The van der Waals surface area contributed by atoms with E-state index in [1.54, 1.807) is 51.1 Å². The fourth-order valence-corrected chi connectivity index (χ4v) is 1.93. The van der Waals surface area contributed by atoms with Crippen LogP contribution in [0.1, 0.15) is 45.0 Å². The lowest BCUT2D eigenvalue weighted by atomic mass is 10.2. The van der Waals surface area contributed by atoms with Crippen LogP contribution in [0.15, 0.2) is 42.6 Å². The van der Waals surface area contributed by atoms with Crippen LogP contribution in [-0.2, 0) is 4.74 Å². The number of amides is 2. The molecular weight excluding hydrogens is 354 g/mol. The van der Waals surface area contributed by atoms with Gasteiger partial charge in [-0.25, -0.2) is 9.78 Å². The fourth-order valence-electron chi connectivity index (χ4n) is 1.82. The van der Waals surface area contributed by atoms with E-state index in [1.165, 1.54) is 12.3 Å². The molecule has 0 radical (unpaired) electrons. The van der Waals surface area contributed by atoms with Crippen molar-refractivity contribution in [3.05, 3.63) is 53.3 Å². The highest BCUT2D eigenvalue weighted by Crippen LogP contribution is 2.22. The Hall–Kier alpha value is -2.60. The van der Waals surface area contributed by atoms with E-state index in [0.29, 0.717) is 22.1 Å². The van der Waals surface area contributed by atoms with E-state index < -0.39 is 11.7 Å². The Morgan fingerprint density at radius 1 is 1.00 bits per heavy atom. The summed E-state index contributed by atoms with van der Waals surface area (Å²) in [6, 6.07) is 9.92. The molecule has 0 aliphatic heterocycles. The average molecular weight is 378 g/mol. The molecule has 140 valence electrons. The number of hydrogen-bond acceptors (Lipinski definition) is 4. The molecule has 0 bridgehead atoms. The number of ether oxygens (including phenoxy) is 1. The minimum absolute atomic E-state index is 0.304. The molecule has 0 unspecified atom stereocenters. The Bertz CT molecular complexity index is 740. The molecule has 0 fully saturated rings. The number of pyridine rings is 1. The summed E-state index contributed by atoms with van der Waals surface area (Å²) < 4.78 is 5.21. The van der Waals surface area contributed by atoms with Gasteiger partial charge >= 0.3 is 6.09 Å². The topological polar surface area (TPSA) is 80.3 Å². The number of nitrogens with one attached hydrogen (secondary N) is 2. The van der Waals surface area contributed by atoms with Gasteiger partial charge in [0.1, 0.15) is 10.8 Å². The van der Waals surface area contributed by atoms with Crippen molar-refractivity contribution >= 4 is 35.0 Å². The highest BCUT2D eigenvalue weighted by atomic mass is 35.5. The molecule has 26 heavy (non-hydrogen) atoms. The van der Waals surface area contributed by atoms with E-state index in [9.17, 15) is 9.59 Å². The smallest absolute Gasteiger partial charge is 0.412 e. The second-order valence-corrected chi connectivity index (χ2v) is 6.38. The van der Waals surface area contributed by atoms with Crippen LogP contribution in [0.3, 0.4) is 0 Å². The lowest BCUT2D eigenvalue weighted by Gasteiger charge is -2.20. The molecule has 2 N–H and O–H groups in total. The van der Waals surface area contributed by atoms with E-state index in [4.69, 9.17) is 16.3 Å². The predicted octanol–water partition coefficient (Wildman–Crippen LogP) is 5.36. The van der Waals surface area contributed by atoms with E-state index in [0.717, 1.165) is 0 Å². The van der Waals surface area contributed by atoms with E-state index in [-0.39, 0.29) is 5.91 Å². The van der Waals surface area contributed by atoms with Crippen molar-refractivity contribution in [1.82, 2.24) is 4.98 Å². The molecule has 2 rings (SSSR count). The Labute approximate surface area is 158 Å². The van der Waals surface area contributed by atoms with Crippen LogP contribution in [0, 0.1) is 0 Å². The number of para-hydroxylation sites is 2. The number of carbonyl (C=O) groups is 2. The van der Waals surface area contributed by atoms with Gasteiger partial charge in [-0.15, -0.1) is 0 Å². The molecule has 1 aromatic heterocycles. The Morgan fingerprint density at radius 2 is 1.58 bits per heavy atom. The SMILES string of the molecule is CC.CC(C)(C)OC(=O)Nc1ccccc1NC(=O)c1ccc(Cl)nc1. The van der Waals surface area contributed by atoms with Gasteiger partial charge in [0, 0.05) is 6.20 Å². The quantitative estimate of drug-likeness (QED) is 0.705. The second-order valence-electron chi connectivity index (χ2n) is 6.00. The summed E-state index contributed by atoms with van der Waals surface area (Å²) in [5, 5.41) is 5.65. The van der Waals surface area contributed by atoms with Gasteiger partial charge < -0.3 is 10.1 Å². The summed E-state index contributed by atoms with van der Waals surface area (Å²) in [5.41, 5.74) is 0.619. The molecule has 7 heteroatoms. The number of rotatable bonds is 3. The normalized spacial score (nSPS) is 10.2. The molecule has 6 nitrogen and oxygen atoms in total. The van der Waals surface area contributed by atoms with Gasteiger partial charge in [-0.3, -0.25) is 10.1 Å². The summed E-state index contributed by atoms with van der Waals surface area (Å²) in [6.07, 6.45) is 0.777. The third kappa shape index (κ3) is 7.11. The van der Waals surface area contributed by atoms with Crippen molar-refractivity contribution in [1.29, 1.82) is 0 Å². The first kappa shape index (κ1) is 21.4. The number of halogens is 1. The maximum absolute atomic E-state index is 12.3. The Kier molecular flexibility index (Phi) is 8.06. The molecule has 2 amide bonds. The molecule has 2 aromatic rings. The first-order chi connectivity index (χ1) is 12.2. The number of carbonyl (C=O) groups excluding carboxylic acids is 2. The minimum atomic E-state index is -0.614. The maximum Gasteiger partial charge on any atom is 0.412 e. The highest BCUT2D eigenvalue weighted by Gasteiger charge is 2.17. The van der Waals surface area contributed by atoms with Crippen molar-refractivity contribution < 1.29 is 14.3 Å². The lowest BCUT2D eigenvalue weighted by Crippen LogP contribution is -2.27. The maximum atomic E-state index is 12.3. The van der Waals surface area contributed by atoms with Gasteiger partial charge in [-0.1, -0.05) is 37.6 Å². The molecule has 0 saturated heterocycles. The van der Waals surface area contributed by atoms with Crippen LogP contribution >= 0.6 is 11.6 Å². The number of aromatic nitrogens is 1. The summed E-state index contributed by atoms with van der Waals surface area (Å²) >= 11 is 5.71. The first-order valence-electron chi connectivity index (χ1n) is 8.26. The number of nitrogens with zero attached hydrogens (tertiary/aromatic N) is 1. The number of anilines is 2. The van der Waals surface area contributed by atoms with Gasteiger partial charge in [0.15, 0.2) is 0 Å². The minimum Gasteiger partial charge on any atom is -0.444 e. The zero-order valence-electron chi connectivity index (χ0n) is 15.6. The van der Waals surface area contributed by atoms with Gasteiger partial charge in [0.05, 0.1) is 16.9 Å². The zero-order chi connectivity index (χ0) is 19.7. The predicted molar refractivity (Wildman–Crippen MR) is 105 cm³/mol. The molecule has 1 aromatic carbocycles. The first-order valence-corrected chi connectivity index (χ1v) is 8.64. The average Bonchev–Trinajstić information content (AvgIpc) is 2.57. The van der Waals surface area contributed by atoms with Crippen LogP contribution < -0.4 is 10.6 Å². The van der Waals surface area contributed by atoms with Gasteiger partial charge in [0.25, 0.3) is 5.91 Å². The number of benzene rings is 1. The monoisotopic (exact) mass is 377 g/mol. The van der Waals surface area contributed by atoms with Crippen molar-refractivity contribution in [3.8, 4) is 0 Å².